The van der Waals surface area contributed by atoms with Gasteiger partial charge in [-0.3, -0.25) is 0 Å². The first-order chi connectivity index (χ1) is 8.65. The number of pyridine rings is 1. The highest BCUT2D eigenvalue weighted by molar-refractivity contribution is 7.17. The van der Waals surface area contributed by atoms with Gasteiger partial charge in [0.2, 0.25) is 5.88 Å². The highest BCUT2D eigenvalue weighted by Gasteiger charge is 2.16. The number of methoxy groups -OCH3 is 1. The van der Waals surface area contributed by atoms with Crippen LogP contribution in [-0.2, 0) is 6.42 Å². The van der Waals surface area contributed by atoms with Gasteiger partial charge >= 0.3 is 5.97 Å². The van der Waals surface area contributed by atoms with E-state index in [0.717, 1.165) is 5.56 Å². The van der Waals surface area contributed by atoms with Gasteiger partial charge in [-0.25, -0.2) is 14.8 Å². The number of rotatable bonds is 4. The Hall–Kier alpha value is -1.95. The lowest BCUT2D eigenvalue weighted by atomic mass is 10.3. The maximum absolute atomic E-state index is 11.1. The second-order valence-corrected chi connectivity index (χ2v) is 4.54. The molecule has 0 amide bonds. The number of ether oxygens (including phenoxy) is 1. The van der Waals surface area contributed by atoms with Crippen LogP contribution in [0.1, 0.15) is 22.3 Å². The fourth-order valence-electron chi connectivity index (χ4n) is 1.51. The van der Waals surface area contributed by atoms with Gasteiger partial charge in [-0.15, -0.1) is 11.3 Å². The van der Waals surface area contributed by atoms with Crippen molar-refractivity contribution in [2.45, 2.75) is 13.3 Å². The van der Waals surface area contributed by atoms with Crippen molar-refractivity contribution < 1.29 is 14.6 Å². The van der Waals surface area contributed by atoms with Crippen molar-refractivity contribution in [3.05, 3.63) is 28.9 Å². The van der Waals surface area contributed by atoms with Crippen LogP contribution in [0.25, 0.3) is 10.6 Å². The molecule has 18 heavy (non-hydrogen) atoms. The molecular weight excluding hydrogens is 252 g/mol. The van der Waals surface area contributed by atoms with Gasteiger partial charge < -0.3 is 9.84 Å². The zero-order chi connectivity index (χ0) is 13.1. The van der Waals surface area contributed by atoms with Crippen molar-refractivity contribution in [1.29, 1.82) is 0 Å². The Morgan fingerprint density at radius 2 is 2.28 bits per heavy atom. The van der Waals surface area contributed by atoms with Crippen molar-refractivity contribution in [3.8, 4) is 16.5 Å². The summed E-state index contributed by atoms with van der Waals surface area (Å²) >= 11 is 1.17. The molecule has 0 unspecified atom stereocenters. The van der Waals surface area contributed by atoms with Crippen LogP contribution in [0, 0.1) is 0 Å². The van der Waals surface area contributed by atoms with Crippen molar-refractivity contribution >= 4 is 17.3 Å². The summed E-state index contributed by atoms with van der Waals surface area (Å²) in [5.74, 6) is -0.415. The lowest BCUT2D eigenvalue weighted by Gasteiger charge is -1.98. The van der Waals surface area contributed by atoms with Crippen LogP contribution >= 0.6 is 11.3 Å². The summed E-state index contributed by atoms with van der Waals surface area (Å²) in [4.78, 5) is 19.8. The first-order valence-electron chi connectivity index (χ1n) is 5.39. The van der Waals surface area contributed by atoms with E-state index in [0.29, 0.717) is 27.9 Å². The Labute approximate surface area is 108 Å². The Morgan fingerprint density at radius 3 is 2.72 bits per heavy atom. The predicted octanol–water partition coefficient (Wildman–Crippen LogP) is 2.47. The number of hydrogen-bond acceptors (Lipinski definition) is 5. The topological polar surface area (TPSA) is 72.3 Å². The van der Waals surface area contributed by atoms with Gasteiger partial charge in [0.25, 0.3) is 0 Å². The van der Waals surface area contributed by atoms with E-state index < -0.39 is 5.97 Å². The third-order valence-corrected chi connectivity index (χ3v) is 3.55. The molecule has 0 spiro atoms. The number of carboxylic acids is 1. The number of carboxylic acid groups (broad SMARTS) is 1. The molecule has 0 aliphatic carbocycles. The largest absolute Gasteiger partial charge is 0.481 e. The van der Waals surface area contributed by atoms with Crippen molar-refractivity contribution in [2.24, 2.45) is 0 Å². The summed E-state index contributed by atoms with van der Waals surface area (Å²) in [5, 5.41) is 9.74. The van der Waals surface area contributed by atoms with Crippen LogP contribution in [0.3, 0.4) is 0 Å². The summed E-state index contributed by atoms with van der Waals surface area (Å²) in [7, 11) is 1.54. The van der Waals surface area contributed by atoms with E-state index in [-0.39, 0.29) is 0 Å². The van der Waals surface area contributed by atoms with Crippen LogP contribution in [0.15, 0.2) is 18.3 Å². The average Bonchev–Trinajstić information content (AvgIpc) is 2.83. The number of aryl methyl sites for hydroxylation is 1. The minimum atomic E-state index is -0.933. The molecule has 0 fully saturated rings. The van der Waals surface area contributed by atoms with Crippen molar-refractivity contribution in [1.82, 2.24) is 9.97 Å². The summed E-state index contributed by atoms with van der Waals surface area (Å²) in [6.45, 7) is 1.89. The van der Waals surface area contributed by atoms with Gasteiger partial charge in [-0.05, 0) is 12.5 Å². The normalized spacial score (nSPS) is 10.3. The molecule has 2 aromatic rings. The van der Waals surface area contributed by atoms with E-state index in [1.807, 2.05) is 13.0 Å². The number of aromatic carboxylic acids is 1. The number of hydrogen-bond donors (Lipinski definition) is 1. The summed E-state index contributed by atoms with van der Waals surface area (Å²) in [5.41, 5.74) is 1.40. The molecule has 0 bridgehead atoms. The number of aromatic nitrogens is 2. The smallest absolute Gasteiger partial charge is 0.347 e. The van der Waals surface area contributed by atoms with E-state index >= 15 is 0 Å². The molecule has 6 heteroatoms. The standard InChI is InChI=1S/C12H12N2O3S/c1-3-8-10(12(15)16)18-11(14-8)7-4-5-9(17-2)13-6-7/h4-6H,3H2,1-2H3,(H,15,16). The van der Waals surface area contributed by atoms with Gasteiger partial charge in [0.05, 0.1) is 12.8 Å². The zero-order valence-electron chi connectivity index (χ0n) is 10.0. The van der Waals surface area contributed by atoms with E-state index in [9.17, 15) is 4.79 Å². The van der Waals surface area contributed by atoms with Gasteiger partial charge in [0.1, 0.15) is 9.88 Å². The van der Waals surface area contributed by atoms with Crippen LogP contribution in [0.4, 0.5) is 0 Å². The van der Waals surface area contributed by atoms with E-state index in [2.05, 4.69) is 9.97 Å². The minimum absolute atomic E-state index is 0.295. The first-order valence-corrected chi connectivity index (χ1v) is 6.20. The van der Waals surface area contributed by atoms with Crippen LogP contribution < -0.4 is 4.74 Å². The predicted molar refractivity (Wildman–Crippen MR) is 68.2 cm³/mol. The highest BCUT2D eigenvalue weighted by Crippen LogP contribution is 2.28. The first kappa shape index (κ1) is 12.5. The average molecular weight is 264 g/mol. The van der Waals surface area contributed by atoms with Crippen LogP contribution in [0.2, 0.25) is 0 Å². The van der Waals surface area contributed by atoms with E-state index in [4.69, 9.17) is 9.84 Å². The quantitative estimate of drug-likeness (QED) is 0.918. The highest BCUT2D eigenvalue weighted by atomic mass is 32.1. The molecule has 0 aliphatic rings. The molecule has 0 aliphatic heterocycles. The molecule has 2 rings (SSSR count). The second kappa shape index (κ2) is 5.14. The SMILES string of the molecule is CCc1nc(-c2ccc(OC)nc2)sc1C(=O)O. The molecule has 0 atom stereocenters. The van der Waals surface area contributed by atoms with Crippen LogP contribution in [-0.4, -0.2) is 28.2 Å². The molecule has 94 valence electrons. The number of nitrogens with zero attached hydrogens (tertiary/aromatic N) is 2. The lowest BCUT2D eigenvalue weighted by molar-refractivity contribution is 0.0701. The van der Waals surface area contributed by atoms with Crippen molar-refractivity contribution in [2.75, 3.05) is 7.11 Å². The maximum atomic E-state index is 11.1. The van der Waals surface area contributed by atoms with E-state index in [1.54, 1.807) is 19.4 Å². The minimum Gasteiger partial charge on any atom is -0.481 e. The van der Waals surface area contributed by atoms with Gasteiger partial charge in [0.15, 0.2) is 0 Å². The monoisotopic (exact) mass is 264 g/mol. The Kier molecular flexibility index (Phi) is 3.57. The summed E-state index contributed by atoms with van der Waals surface area (Å²) < 4.78 is 4.97. The second-order valence-electron chi connectivity index (χ2n) is 3.54. The summed E-state index contributed by atoms with van der Waals surface area (Å²) in [6.07, 6.45) is 2.23. The van der Waals surface area contributed by atoms with Crippen molar-refractivity contribution in [3.63, 3.8) is 0 Å². The van der Waals surface area contributed by atoms with Gasteiger partial charge in [-0.1, -0.05) is 6.92 Å². The Bertz CT molecular complexity index is 563. The fraction of sp³-hybridized carbons (Fsp3) is 0.250. The molecule has 5 nitrogen and oxygen atoms in total. The van der Waals surface area contributed by atoms with E-state index in [1.165, 1.54) is 11.3 Å². The Morgan fingerprint density at radius 1 is 1.50 bits per heavy atom. The maximum Gasteiger partial charge on any atom is 0.347 e. The van der Waals surface area contributed by atoms with Gasteiger partial charge in [-0.2, -0.15) is 0 Å². The lowest BCUT2D eigenvalue weighted by Crippen LogP contribution is -1.97. The number of thiazole rings is 1. The molecule has 0 saturated heterocycles. The molecule has 2 aromatic heterocycles. The molecule has 0 radical (unpaired) electrons. The third-order valence-electron chi connectivity index (χ3n) is 2.42. The third kappa shape index (κ3) is 2.33. The zero-order valence-corrected chi connectivity index (χ0v) is 10.8. The molecule has 1 N–H and O–H groups in total. The molecule has 0 saturated carbocycles. The molecule has 0 aromatic carbocycles. The number of carbonyl (C=O) groups is 1. The fourth-order valence-corrected chi connectivity index (χ4v) is 2.49. The molecule has 2 heterocycles. The summed E-state index contributed by atoms with van der Waals surface area (Å²) in [6, 6.07) is 3.54. The van der Waals surface area contributed by atoms with Crippen LogP contribution in [0.5, 0.6) is 5.88 Å². The van der Waals surface area contributed by atoms with Gasteiger partial charge in [0, 0.05) is 17.8 Å². The Balaban J connectivity index is 2.40. The molecular formula is C12H12N2O3S.